The second-order valence-electron chi connectivity index (χ2n) is 16.4. The number of ether oxygens (including phenoxy) is 3. The fraction of sp³-hybridized carbons (Fsp3) is 0.400. The zero-order valence-corrected chi connectivity index (χ0v) is 35.5. The molecule has 11 heteroatoms. The minimum Gasteiger partial charge on any atom is -0.490 e. The van der Waals surface area contributed by atoms with E-state index in [1.807, 2.05) is 126 Å². The Balaban J connectivity index is 1.48. The van der Waals surface area contributed by atoms with E-state index in [-0.39, 0.29) is 35.7 Å². The van der Waals surface area contributed by atoms with E-state index in [1.165, 1.54) is 0 Å². The summed E-state index contributed by atoms with van der Waals surface area (Å²) < 4.78 is 24.6. The average Bonchev–Trinajstić information content (AvgIpc) is 3.57. The summed E-state index contributed by atoms with van der Waals surface area (Å²) in [5, 5.41) is -0.116. The molecule has 0 aliphatic carbocycles. The van der Waals surface area contributed by atoms with Gasteiger partial charge in [0.2, 0.25) is 0 Å². The number of nitrogens with two attached hydrogens (primary N) is 1. The van der Waals surface area contributed by atoms with Crippen LogP contribution in [0.2, 0.25) is 5.04 Å². The molecule has 1 aliphatic heterocycles. The van der Waals surface area contributed by atoms with Crippen LogP contribution in [0.5, 0.6) is 11.5 Å². The van der Waals surface area contributed by atoms with E-state index in [4.69, 9.17) is 24.4 Å². The summed E-state index contributed by atoms with van der Waals surface area (Å²) in [6.07, 6.45) is 0.439. The minimum atomic E-state index is -1.44. The van der Waals surface area contributed by atoms with Gasteiger partial charge in [0.15, 0.2) is 26.9 Å². The Morgan fingerprint density at radius 2 is 1.41 bits per heavy atom. The lowest BCUT2D eigenvalue weighted by Gasteiger charge is -2.39. The highest BCUT2D eigenvalue weighted by Gasteiger charge is 2.48. The molecule has 1 atom stereocenters. The van der Waals surface area contributed by atoms with Crippen LogP contribution in [0.4, 0.5) is 10.5 Å². The van der Waals surface area contributed by atoms with Crippen molar-refractivity contribution >= 4 is 33.4 Å². The van der Waals surface area contributed by atoms with Crippen molar-refractivity contribution in [1.29, 1.82) is 0 Å². The van der Waals surface area contributed by atoms with Gasteiger partial charge in [0.05, 0.1) is 24.4 Å². The van der Waals surface area contributed by atoms with Crippen LogP contribution in [-0.2, 0) is 32.4 Å². The van der Waals surface area contributed by atoms with Crippen LogP contribution in [0, 0.1) is 0 Å². The van der Waals surface area contributed by atoms with E-state index >= 15 is 4.79 Å². The third-order valence-corrected chi connectivity index (χ3v) is 10.9. The molecule has 4 aromatic carbocycles. The van der Waals surface area contributed by atoms with E-state index in [0.717, 1.165) is 22.3 Å². The Morgan fingerprint density at radius 1 is 0.839 bits per heavy atom. The van der Waals surface area contributed by atoms with Gasteiger partial charge in [-0.05, 0) is 93.0 Å². The molecule has 298 valence electrons. The van der Waals surface area contributed by atoms with Crippen LogP contribution in [0.15, 0.2) is 97.1 Å². The zero-order chi connectivity index (χ0) is 40.7. The van der Waals surface area contributed by atoms with Gasteiger partial charge in [-0.15, -0.1) is 0 Å². The van der Waals surface area contributed by atoms with Gasteiger partial charge in [0, 0.05) is 12.6 Å². The first-order valence-electron chi connectivity index (χ1n) is 19.4. The molecule has 1 heterocycles. The Morgan fingerprint density at radius 3 is 1.95 bits per heavy atom. The second kappa shape index (κ2) is 17.8. The summed E-state index contributed by atoms with van der Waals surface area (Å²) in [6.45, 7) is 17.0. The second-order valence-corrected chi connectivity index (χ2v) is 19.1. The number of carbonyl (C=O) groups is 3. The van der Waals surface area contributed by atoms with Gasteiger partial charge in [0.1, 0.15) is 12.2 Å². The summed E-state index contributed by atoms with van der Waals surface area (Å²) in [5.41, 5.74) is 7.80. The molecule has 56 heavy (non-hydrogen) atoms. The van der Waals surface area contributed by atoms with Crippen LogP contribution < -0.4 is 20.1 Å². The van der Waals surface area contributed by atoms with Gasteiger partial charge in [-0.25, -0.2) is 4.79 Å². The lowest BCUT2D eigenvalue weighted by Crippen LogP contribution is -2.51. The molecule has 0 saturated carbocycles. The van der Waals surface area contributed by atoms with Crippen LogP contribution in [0.25, 0.3) is 0 Å². The number of nitrogens with zero attached hydrogens (tertiary/aromatic N) is 2. The number of anilines is 1. The maximum Gasteiger partial charge on any atom is 0.410 e. The first-order valence-corrected chi connectivity index (χ1v) is 20.7. The number of rotatable bonds is 15. The molecule has 0 spiro atoms. The van der Waals surface area contributed by atoms with Crippen molar-refractivity contribution in [3.05, 3.63) is 125 Å². The molecule has 0 saturated heterocycles. The molecule has 0 bridgehead atoms. The normalized spacial score (nSPS) is 13.7. The standard InChI is InChI=1S/C45H57N3O7Si/c1-9-52-37-22-16-17-23-38(37)53-27-26-47(42(51)54-43(3,4)5)31(2)28-32-29-33-24-25-48(39(33)36(30-32)40(46)49)41(50)45(55-56-44(6,7)8,34-18-12-10-13-19-34)35-20-14-11-15-21-35/h10-23,29-31H,9,24-28,56H2,1-8H3,(H2,46,49). The van der Waals surface area contributed by atoms with Crippen molar-refractivity contribution < 1.29 is 33.0 Å². The van der Waals surface area contributed by atoms with Crippen molar-refractivity contribution in [2.24, 2.45) is 5.73 Å². The number of fused-ring (bicyclic) bond motifs is 1. The molecule has 2 N–H and O–H groups in total. The minimum absolute atomic E-state index is 0.116. The lowest BCUT2D eigenvalue weighted by atomic mass is 9.84. The van der Waals surface area contributed by atoms with E-state index in [9.17, 15) is 9.59 Å². The molecular formula is C45H57N3O7Si. The van der Waals surface area contributed by atoms with Gasteiger partial charge < -0.3 is 34.2 Å². The van der Waals surface area contributed by atoms with Crippen LogP contribution in [0.3, 0.4) is 0 Å². The average molecular weight is 780 g/mol. The number of benzene rings is 4. The maximum absolute atomic E-state index is 15.3. The molecule has 10 nitrogen and oxygen atoms in total. The zero-order valence-electron chi connectivity index (χ0n) is 34.1. The summed E-state index contributed by atoms with van der Waals surface area (Å²) in [4.78, 5) is 45.6. The Labute approximate surface area is 334 Å². The molecule has 4 aromatic rings. The van der Waals surface area contributed by atoms with Gasteiger partial charge in [-0.2, -0.15) is 0 Å². The van der Waals surface area contributed by atoms with E-state index in [1.54, 1.807) is 15.9 Å². The number of primary amides is 1. The summed E-state index contributed by atoms with van der Waals surface area (Å²) in [6, 6.07) is 30.0. The first kappa shape index (κ1) is 42.0. The van der Waals surface area contributed by atoms with Gasteiger partial charge in [-0.3, -0.25) is 9.59 Å². The van der Waals surface area contributed by atoms with Crippen LogP contribution in [-0.4, -0.2) is 70.5 Å². The largest absolute Gasteiger partial charge is 0.490 e. The highest BCUT2D eigenvalue weighted by atomic mass is 28.2. The van der Waals surface area contributed by atoms with Crippen molar-refractivity contribution in [1.82, 2.24) is 4.90 Å². The molecule has 5 rings (SSSR count). The topological polar surface area (TPSA) is 121 Å². The predicted octanol–water partition coefficient (Wildman–Crippen LogP) is 7.58. The van der Waals surface area contributed by atoms with E-state index in [0.29, 0.717) is 43.2 Å². The monoisotopic (exact) mass is 779 g/mol. The number of hydrogen-bond acceptors (Lipinski definition) is 7. The maximum atomic E-state index is 15.3. The Hall–Kier alpha value is -5.13. The summed E-state index contributed by atoms with van der Waals surface area (Å²) in [7, 11) is -1.28. The van der Waals surface area contributed by atoms with Crippen molar-refractivity contribution in [3.63, 3.8) is 0 Å². The summed E-state index contributed by atoms with van der Waals surface area (Å²) >= 11 is 0. The molecule has 0 aromatic heterocycles. The Bertz CT molecular complexity index is 1940. The van der Waals surface area contributed by atoms with E-state index in [2.05, 4.69) is 20.8 Å². The number of amides is 3. The first-order chi connectivity index (χ1) is 26.5. The third kappa shape index (κ3) is 9.99. The number of hydrogen-bond donors (Lipinski definition) is 1. The quantitative estimate of drug-likeness (QED) is 0.124. The molecule has 3 amide bonds. The fourth-order valence-corrected chi connectivity index (χ4v) is 8.09. The molecule has 0 radical (unpaired) electrons. The predicted molar refractivity (Wildman–Crippen MR) is 223 cm³/mol. The number of carbonyl (C=O) groups excluding carboxylic acids is 3. The van der Waals surface area contributed by atoms with Crippen molar-refractivity contribution in [3.8, 4) is 11.5 Å². The van der Waals surface area contributed by atoms with Crippen LogP contribution >= 0.6 is 0 Å². The molecule has 1 aliphatic rings. The smallest absolute Gasteiger partial charge is 0.410 e. The fourth-order valence-electron chi connectivity index (χ4n) is 6.99. The highest BCUT2D eigenvalue weighted by molar-refractivity contribution is 6.32. The van der Waals surface area contributed by atoms with Gasteiger partial charge in [-0.1, -0.05) is 99.6 Å². The van der Waals surface area contributed by atoms with Gasteiger partial charge >= 0.3 is 6.09 Å². The highest BCUT2D eigenvalue weighted by Crippen LogP contribution is 2.42. The van der Waals surface area contributed by atoms with E-state index < -0.39 is 33.0 Å². The van der Waals surface area contributed by atoms with Gasteiger partial charge in [0.25, 0.3) is 11.8 Å². The SMILES string of the molecule is CCOc1ccccc1OCCN(C(=O)OC(C)(C)C)C(C)Cc1cc2c(c(C(N)=O)c1)N(C(=O)C(O[SiH2]C(C)(C)C)(c1ccccc1)c1ccccc1)CC2. The number of para-hydroxylation sites is 2. The third-order valence-electron chi connectivity index (χ3n) is 9.45. The van der Waals surface area contributed by atoms with Crippen LogP contribution in [0.1, 0.15) is 88.0 Å². The van der Waals surface area contributed by atoms with Crippen molar-refractivity contribution in [2.75, 3.05) is 31.2 Å². The Kier molecular flexibility index (Phi) is 13.3. The summed E-state index contributed by atoms with van der Waals surface area (Å²) in [5.74, 6) is 0.306. The molecular weight excluding hydrogens is 723 g/mol. The molecule has 1 unspecified atom stereocenters. The molecule has 0 fully saturated rings. The van der Waals surface area contributed by atoms with Crippen molar-refractivity contribution in [2.45, 2.75) is 90.5 Å². The lowest BCUT2D eigenvalue weighted by molar-refractivity contribution is -0.131.